The number of aliphatic hydroxyl groups excluding tert-OH is 2. The van der Waals surface area contributed by atoms with Crippen LogP contribution in [0.15, 0.2) is 18.2 Å². The number of hydrogen-bond acceptors (Lipinski definition) is 5. The minimum atomic E-state index is -0.944. The SMILES string of the molecule is Cl.Oc1ccc([C@H]2NC[C@H](O)[C@H]2O)c(O)c1. The average molecular weight is 248 g/mol. The lowest BCUT2D eigenvalue weighted by Crippen LogP contribution is -2.25. The lowest BCUT2D eigenvalue weighted by molar-refractivity contribution is 0.0401. The molecule has 5 nitrogen and oxygen atoms in total. The molecule has 16 heavy (non-hydrogen) atoms. The van der Waals surface area contributed by atoms with E-state index in [1.165, 1.54) is 18.2 Å². The summed E-state index contributed by atoms with van der Waals surface area (Å²) in [5.74, 6) is -0.134. The van der Waals surface area contributed by atoms with Crippen LogP contribution in [-0.2, 0) is 0 Å². The van der Waals surface area contributed by atoms with Crippen molar-refractivity contribution in [3.8, 4) is 11.5 Å². The number of β-amino-alcohol motifs (C(OH)–C–C–N with tert-alkyl or cyclic N) is 1. The van der Waals surface area contributed by atoms with Gasteiger partial charge in [-0.05, 0) is 12.1 Å². The standard InChI is InChI=1S/C10H13NO4.ClH/c12-5-1-2-6(7(13)3-5)9-10(15)8(14)4-11-9;/h1-3,8-15H,4H2;1H/t8-,9+,10+;/m0./s1. The molecule has 0 aromatic heterocycles. The van der Waals surface area contributed by atoms with E-state index in [0.717, 1.165) is 0 Å². The summed E-state index contributed by atoms with van der Waals surface area (Å²) < 4.78 is 0. The Morgan fingerprint density at radius 1 is 1.19 bits per heavy atom. The Morgan fingerprint density at radius 3 is 2.38 bits per heavy atom. The minimum Gasteiger partial charge on any atom is -0.508 e. The molecule has 90 valence electrons. The van der Waals surface area contributed by atoms with Crippen molar-refractivity contribution >= 4 is 12.4 Å². The van der Waals surface area contributed by atoms with Crippen LogP contribution < -0.4 is 5.32 Å². The number of hydrogen-bond donors (Lipinski definition) is 5. The maximum absolute atomic E-state index is 9.62. The Kier molecular flexibility index (Phi) is 3.98. The van der Waals surface area contributed by atoms with E-state index in [0.29, 0.717) is 5.56 Å². The summed E-state index contributed by atoms with van der Waals surface area (Å²) in [7, 11) is 0. The van der Waals surface area contributed by atoms with Crippen LogP contribution >= 0.6 is 12.4 Å². The molecule has 1 heterocycles. The van der Waals surface area contributed by atoms with Crippen molar-refractivity contribution in [3.05, 3.63) is 23.8 Å². The predicted molar refractivity (Wildman–Crippen MR) is 59.8 cm³/mol. The van der Waals surface area contributed by atoms with E-state index in [2.05, 4.69) is 5.32 Å². The van der Waals surface area contributed by atoms with E-state index >= 15 is 0 Å². The number of rotatable bonds is 1. The molecule has 0 saturated carbocycles. The van der Waals surface area contributed by atoms with Crippen molar-refractivity contribution in [1.29, 1.82) is 0 Å². The van der Waals surface area contributed by atoms with Crippen molar-refractivity contribution in [2.45, 2.75) is 18.2 Å². The van der Waals surface area contributed by atoms with Gasteiger partial charge in [0.1, 0.15) is 17.6 Å². The Hall–Kier alpha value is -1.01. The number of phenolic OH excluding ortho intramolecular Hbond substituents is 2. The van der Waals surface area contributed by atoms with Crippen molar-refractivity contribution in [2.75, 3.05) is 6.54 Å². The van der Waals surface area contributed by atoms with Crippen LogP contribution in [0.2, 0.25) is 0 Å². The van der Waals surface area contributed by atoms with Gasteiger partial charge in [0.2, 0.25) is 0 Å². The number of phenols is 2. The molecule has 0 amide bonds. The molecule has 3 atom stereocenters. The number of aliphatic hydroxyl groups is 2. The molecule has 6 heteroatoms. The summed E-state index contributed by atoms with van der Waals surface area (Å²) in [5.41, 5.74) is 0.469. The predicted octanol–water partition coefficient (Wildman–Crippen LogP) is -0.114. The molecule has 5 N–H and O–H groups in total. The van der Waals surface area contributed by atoms with Crippen LogP contribution in [0.25, 0.3) is 0 Å². The van der Waals surface area contributed by atoms with Gasteiger partial charge in [0.05, 0.1) is 12.1 Å². The zero-order valence-corrected chi connectivity index (χ0v) is 9.18. The van der Waals surface area contributed by atoms with Gasteiger partial charge in [-0.15, -0.1) is 12.4 Å². The quantitative estimate of drug-likeness (QED) is 0.477. The smallest absolute Gasteiger partial charge is 0.124 e. The van der Waals surface area contributed by atoms with Crippen molar-refractivity contribution in [1.82, 2.24) is 5.32 Å². The van der Waals surface area contributed by atoms with Crippen LogP contribution in [-0.4, -0.2) is 39.2 Å². The van der Waals surface area contributed by atoms with E-state index < -0.39 is 18.2 Å². The third kappa shape index (κ3) is 2.22. The third-order valence-corrected chi connectivity index (χ3v) is 2.63. The first kappa shape index (κ1) is 13.1. The van der Waals surface area contributed by atoms with Gasteiger partial charge >= 0.3 is 0 Å². The van der Waals surface area contributed by atoms with Gasteiger partial charge in [0.25, 0.3) is 0 Å². The molecule has 1 aliphatic rings. The lowest BCUT2D eigenvalue weighted by atomic mass is 10.0. The number of aromatic hydroxyl groups is 2. The fourth-order valence-electron chi connectivity index (χ4n) is 1.80. The van der Waals surface area contributed by atoms with Gasteiger partial charge in [0, 0.05) is 18.2 Å². The van der Waals surface area contributed by atoms with Gasteiger partial charge in [-0.1, -0.05) is 0 Å². The summed E-state index contributed by atoms with van der Waals surface area (Å²) in [6, 6.07) is 3.65. The highest BCUT2D eigenvalue weighted by Crippen LogP contribution is 2.32. The highest BCUT2D eigenvalue weighted by atomic mass is 35.5. The van der Waals surface area contributed by atoms with Crippen molar-refractivity contribution in [2.24, 2.45) is 0 Å². The molecule has 1 aromatic carbocycles. The first-order chi connectivity index (χ1) is 7.09. The molecule has 0 bridgehead atoms. The van der Waals surface area contributed by atoms with E-state index in [1.54, 1.807) is 0 Å². The van der Waals surface area contributed by atoms with Crippen molar-refractivity contribution < 1.29 is 20.4 Å². The molecule has 0 radical (unpaired) electrons. The van der Waals surface area contributed by atoms with Gasteiger partial charge in [-0.2, -0.15) is 0 Å². The zero-order valence-electron chi connectivity index (χ0n) is 8.37. The molecule has 0 aliphatic carbocycles. The number of nitrogens with one attached hydrogen (secondary N) is 1. The summed E-state index contributed by atoms with van der Waals surface area (Å²) in [6.45, 7) is 0.284. The van der Waals surface area contributed by atoms with Gasteiger partial charge < -0.3 is 25.7 Å². The number of benzene rings is 1. The zero-order chi connectivity index (χ0) is 11.0. The van der Waals surface area contributed by atoms with Gasteiger partial charge in [-0.25, -0.2) is 0 Å². The molecule has 1 fully saturated rings. The topological polar surface area (TPSA) is 93.0 Å². The van der Waals surface area contributed by atoms with E-state index in [4.69, 9.17) is 5.11 Å². The fourth-order valence-corrected chi connectivity index (χ4v) is 1.80. The molecule has 2 rings (SSSR count). The fraction of sp³-hybridized carbons (Fsp3) is 0.400. The normalized spacial score (nSPS) is 28.8. The number of halogens is 1. The van der Waals surface area contributed by atoms with Crippen LogP contribution in [0.5, 0.6) is 11.5 Å². The van der Waals surface area contributed by atoms with E-state index in [-0.39, 0.29) is 30.5 Å². The molecule has 1 aliphatic heterocycles. The van der Waals surface area contributed by atoms with Crippen molar-refractivity contribution in [3.63, 3.8) is 0 Å². The summed E-state index contributed by atoms with van der Waals surface area (Å²) in [5, 5.41) is 40.5. The Balaban J connectivity index is 0.00000128. The third-order valence-electron chi connectivity index (χ3n) is 2.63. The highest BCUT2D eigenvalue weighted by molar-refractivity contribution is 5.85. The summed E-state index contributed by atoms with van der Waals surface area (Å²) >= 11 is 0. The second-order valence-corrected chi connectivity index (χ2v) is 3.69. The first-order valence-corrected chi connectivity index (χ1v) is 4.71. The Labute approximate surface area is 98.8 Å². The van der Waals surface area contributed by atoms with Crippen LogP contribution in [0.3, 0.4) is 0 Å². The maximum Gasteiger partial charge on any atom is 0.124 e. The molecule has 0 spiro atoms. The first-order valence-electron chi connectivity index (χ1n) is 4.71. The second-order valence-electron chi connectivity index (χ2n) is 3.69. The summed E-state index contributed by atoms with van der Waals surface area (Å²) in [6.07, 6.45) is -1.77. The van der Waals surface area contributed by atoms with E-state index in [9.17, 15) is 15.3 Å². The molecular weight excluding hydrogens is 234 g/mol. The molecule has 1 saturated heterocycles. The summed E-state index contributed by atoms with van der Waals surface area (Å²) in [4.78, 5) is 0. The monoisotopic (exact) mass is 247 g/mol. The largest absolute Gasteiger partial charge is 0.508 e. The van der Waals surface area contributed by atoms with E-state index in [1.807, 2.05) is 0 Å². The molecule has 1 aromatic rings. The van der Waals surface area contributed by atoms with Crippen LogP contribution in [0.4, 0.5) is 0 Å². The maximum atomic E-state index is 9.62. The average Bonchev–Trinajstić information content (AvgIpc) is 2.49. The second kappa shape index (κ2) is 4.88. The Bertz CT molecular complexity index is 374. The van der Waals surface area contributed by atoms with Crippen LogP contribution in [0.1, 0.15) is 11.6 Å². The minimum absolute atomic E-state index is 0. The van der Waals surface area contributed by atoms with Crippen LogP contribution in [0, 0.1) is 0 Å². The molecular formula is C10H14ClNO4. The van der Waals surface area contributed by atoms with Gasteiger partial charge in [0.15, 0.2) is 0 Å². The van der Waals surface area contributed by atoms with Gasteiger partial charge in [-0.3, -0.25) is 0 Å². The highest BCUT2D eigenvalue weighted by Gasteiger charge is 2.35. The molecule has 0 unspecified atom stereocenters. The lowest BCUT2D eigenvalue weighted by Gasteiger charge is -2.17. The Morgan fingerprint density at radius 2 is 1.88 bits per heavy atom.